The summed E-state index contributed by atoms with van der Waals surface area (Å²) in [4.78, 5) is 16.6. The van der Waals surface area contributed by atoms with Crippen LogP contribution in [0.25, 0.3) is 0 Å². The van der Waals surface area contributed by atoms with Crippen LogP contribution in [-0.2, 0) is 13.4 Å². The molecule has 0 aromatic carbocycles. The maximum Gasteiger partial charge on any atom is 0.476 e. The van der Waals surface area contributed by atoms with E-state index in [0.717, 1.165) is 22.8 Å². The van der Waals surface area contributed by atoms with E-state index in [-0.39, 0.29) is 0 Å². The summed E-state index contributed by atoms with van der Waals surface area (Å²) in [6.45, 7) is 0. The minimum atomic E-state index is -4.63. The van der Waals surface area contributed by atoms with Crippen molar-refractivity contribution in [2.75, 3.05) is 12.5 Å². The van der Waals surface area contributed by atoms with E-state index in [9.17, 15) is 9.13 Å². The molecule has 0 spiro atoms. The summed E-state index contributed by atoms with van der Waals surface area (Å²) in [6.07, 6.45) is 2.93. The molecule has 0 atom stereocenters. The minimum absolute atomic E-state index is 0.803. The second-order valence-electron chi connectivity index (χ2n) is 1.38. The zero-order valence-corrected chi connectivity index (χ0v) is 9.25. The maximum atomic E-state index is 11.2. The van der Waals surface area contributed by atoms with Gasteiger partial charge in [0.15, 0.2) is 0 Å². The summed E-state index contributed by atoms with van der Waals surface area (Å²) in [5.41, 5.74) is 0. The first-order chi connectivity index (χ1) is 4.83. The third kappa shape index (κ3) is 5.31. The standard InChI is InChI=1S/C2H8O5P2S2/c1-10-9(6,11-2)7-8(3,4)5/h1-2H3,(H2,3,4,5). The van der Waals surface area contributed by atoms with Gasteiger partial charge in [0.1, 0.15) is 0 Å². The Hall–Kier alpha value is 1.04. The van der Waals surface area contributed by atoms with Crippen molar-refractivity contribution in [2.45, 2.75) is 0 Å². The SMILES string of the molecule is CSP(=O)(OP(=O)(O)O)SC. The molecule has 2 N–H and O–H groups in total. The smallest absolute Gasteiger partial charge is 0.302 e. The fraction of sp³-hybridized carbons (Fsp3) is 1.00. The van der Waals surface area contributed by atoms with Crippen molar-refractivity contribution < 1.29 is 23.2 Å². The molecule has 0 aliphatic rings. The summed E-state index contributed by atoms with van der Waals surface area (Å²) in [6, 6.07) is 0. The Labute approximate surface area is 72.5 Å². The zero-order chi connectivity index (χ0) is 9.12. The molecular formula is C2H8O5P2S2. The topological polar surface area (TPSA) is 83.8 Å². The van der Waals surface area contributed by atoms with E-state index in [1.165, 1.54) is 12.5 Å². The van der Waals surface area contributed by atoms with Crippen LogP contribution in [0.4, 0.5) is 0 Å². The highest BCUT2D eigenvalue weighted by Crippen LogP contribution is 2.74. The monoisotopic (exact) mass is 238 g/mol. The fourth-order valence-electron chi connectivity index (χ4n) is 0.271. The van der Waals surface area contributed by atoms with Crippen molar-refractivity contribution in [1.29, 1.82) is 0 Å². The molecule has 0 amide bonds. The Morgan fingerprint density at radius 1 is 1.18 bits per heavy atom. The number of hydrogen-bond acceptors (Lipinski definition) is 5. The first-order valence-corrected chi connectivity index (χ1v) is 9.13. The highest BCUT2D eigenvalue weighted by atomic mass is 33.1. The van der Waals surface area contributed by atoms with Gasteiger partial charge in [-0.3, -0.25) is 4.57 Å². The molecule has 0 saturated heterocycles. The number of hydrogen-bond donors (Lipinski definition) is 2. The van der Waals surface area contributed by atoms with E-state index in [0.29, 0.717) is 0 Å². The lowest BCUT2D eigenvalue weighted by molar-refractivity contribution is 0.290. The van der Waals surface area contributed by atoms with Crippen LogP contribution < -0.4 is 0 Å². The van der Waals surface area contributed by atoms with E-state index in [1.807, 2.05) is 0 Å². The summed E-state index contributed by atoms with van der Waals surface area (Å²) in [7, 11) is -4.63. The molecule has 9 heteroatoms. The van der Waals surface area contributed by atoms with E-state index in [1.54, 1.807) is 0 Å². The fourth-order valence-corrected chi connectivity index (χ4v) is 6.55. The van der Waals surface area contributed by atoms with Gasteiger partial charge in [0, 0.05) is 0 Å². The maximum absolute atomic E-state index is 11.2. The molecule has 0 radical (unpaired) electrons. The molecule has 0 bridgehead atoms. The van der Waals surface area contributed by atoms with Gasteiger partial charge in [-0.25, -0.2) is 8.88 Å². The first kappa shape index (κ1) is 12.0. The first-order valence-electron chi connectivity index (χ1n) is 2.31. The van der Waals surface area contributed by atoms with Crippen LogP contribution in [-0.4, -0.2) is 22.3 Å². The van der Waals surface area contributed by atoms with E-state index < -0.39 is 13.6 Å². The van der Waals surface area contributed by atoms with Gasteiger partial charge in [-0.2, -0.15) is 0 Å². The van der Waals surface area contributed by atoms with Crippen molar-refractivity contribution in [3.63, 3.8) is 0 Å². The quantitative estimate of drug-likeness (QED) is 0.724. The molecule has 0 aliphatic heterocycles. The minimum Gasteiger partial charge on any atom is -0.302 e. The van der Waals surface area contributed by atoms with Crippen molar-refractivity contribution >= 4 is 36.4 Å². The van der Waals surface area contributed by atoms with Crippen LogP contribution in [0.5, 0.6) is 0 Å². The van der Waals surface area contributed by atoms with Crippen molar-refractivity contribution in [3.8, 4) is 0 Å². The van der Waals surface area contributed by atoms with Crippen molar-refractivity contribution in [3.05, 3.63) is 0 Å². The normalized spacial score (nSPS) is 13.5. The number of phosphoric acid groups is 1. The van der Waals surface area contributed by atoms with Crippen LogP contribution in [0.1, 0.15) is 0 Å². The summed E-state index contributed by atoms with van der Waals surface area (Å²) >= 11 is 1.61. The lowest BCUT2D eigenvalue weighted by Gasteiger charge is -2.12. The second-order valence-corrected chi connectivity index (χ2v) is 10.4. The van der Waals surface area contributed by atoms with Gasteiger partial charge in [-0.05, 0) is 12.5 Å². The van der Waals surface area contributed by atoms with E-state index in [4.69, 9.17) is 9.79 Å². The molecule has 0 heterocycles. The number of rotatable bonds is 4. The molecule has 0 aliphatic carbocycles. The molecule has 0 saturated carbocycles. The van der Waals surface area contributed by atoms with Crippen LogP contribution in [0, 0.1) is 0 Å². The Morgan fingerprint density at radius 3 is 1.64 bits per heavy atom. The van der Waals surface area contributed by atoms with Gasteiger partial charge in [-0.15, -0.1) is 0 Å². The average molecular weight is 238 g/mol. The van der Waals surface area contributed by atoms with E-state index in [2.05, 4.69) is 4.31 Å². The van der Waals surface area contributed by atoms with Gasteiger partial charge in [0.05, 0.1) is 0 Å². The Bertz CT molecular complexity index is 203. The molecule has 0 aromatic heterocycles. The zero-order valence-electron chi connectivity index (χ0n) is 5.83. The lowest BCUT2D eigenvalue weighted by Crippen LogP contribution is -1.80. The largest absolute Gasteiger partial charge is 0.476 e. The Kier molecular flexibility index (Phi) is 4.73. The van der Waals surface area contributed by atoms with Gasteiger partial charge in [0.2, 0.25) is 0 Å². The van der Waals surface area contributed by atoms with Gasteiger partial charge in [-0.1, -0.05) is 22.8 Å². The lowest BCUT2D eigenvalue weighted by atomic mass is 12.0. The molecule has 0 fully saturated rings. The van der Waals surface area contributed by atoms with E-state index >= 15 is 0 Å². The summed E-state index contributed by atoms with van der Waals surface area (Å²) < 4.78 is 25.5. The molecule has 11 heavy (non-hydrogen) atoms. The highest BCUT2D eigenvalue weighted by Gasteiger charge is 2.30. The molecule has 0 unspecified atom stereocenters. The van der Waals surface area contributed by atoms with Gasteiger partial charge >= 0.3 is 13.6 Å². The summed E-state index contributed by atoms with van der Waals surface area (Å²) in [5, 5.41) is 0. The van der Waals surface area contributed by atoms with Crippen LogP contribution in [0.15, 0.2) is 0 Å². The molecule has 5 nitrogen and oxygen atoms in total. The van der Waals surface area contributed by atoms with Crippen molar-refractivity contribution in [1.82, 2.24) is 0 Å². The van der Waals surface area contributed by atoms with Crippen LogP contribution in [0.2, 0.25) is 0 Å². The molecule has 0 rings (SSSR count). The van der Waals surface area contributed by atoms with Crippen LogP contribution >= 0.6 is 36.4 Å². The average Bonchev–Trinajstić information content (AvgIpc) is 1.84. The predicted molar refractivity (Wildman–Crippen MR) is 47.8 cm³/mol. The third-order valence-corrected chi connectivity index (χ3v) is 9.77. The molecule has 0 aromatic rings. The van der Waals surface area contributed by atoms with Crippen LogP contribution in [0.3, 0.4) is 0 Å². The third-order valence-electron chi connectivity index (χ3n) is 0.654. The van der Waals surface area contributed by atoms with Crippen molar-refractivity contribution in [2.24, 2.45) is 0 Å². The highest BCUT2D eigenvalue weighted by molar-refractivity contribution is 8.89. The Balaban J connectivity index is 4.34. The molecule has 68 valence electrons. The molecular weight excluding hydrogens is 230 g/mol. The Morgan fingerprint density at radius 2 is 1.55 bits per heavy atom. The summed E-state index contributed by atoms with van der Waals surface area (Å²) in [5.74, 6) is -3.23. The van der Waals surface area contributed by atoms with Gasteiger partial charge in [0.25, 0.3) is 0 Å². The second kappa shape index (κ2) is 4.33. The van der Waals surface area contributed by atoms with Gasteiger partial charge < -0.3 is 9.79 Å². The predicted octanol–water partition coefficient (Wildman–Crippen LogP) is 1.93.